The van der Waals surface area contributed by atoms with Crippen LogP contribution >= 0.6 is 0 Å². The number of hydrogen-bond acceptors (Lipinski definition) is 4. The van der Waals surface area contributed by atoms with Gasteiger partial charge in [0.1, 0.15) is 0 Å². The average molecular weight is 195 g/mol. The lowest BCUT2D eigenvalue weighted by Crippen LogP contribution is -2.25. The Kier molecular flexibility index (Phi) is 2.77. The minimum Gasteiger partial charge on any atom is -0.310 e. The van der Waals surface area contributed by atoms with Crippen LogP contribution in [0, 0.1) is 5.92 Å². The summed E-state index contributed by atoms with van der Waals surface area (Å²) in [6.07, 6.45) is 5.24. The fraction of sp³-hybridized carbons (Fsp3) is 0.889. The van der Waals surface area contributed by atoms with E-state index in [1.54, 1.807) is 7.05 Å². The summed E-state index contributed by atoms with van der Waals surface area (Å²) in [6.45, 7) is 0. The Labute approximate surface area is 83.9 Å². The lowest BCUT2D eigenvalue weighted by atomic mass is 9.98. The first-order valence-electron chi connectivity index (χ1n) is 5.22. The Balaban J connectivity index is 2.12. The molecule has 14 heavy (non-hydrogen) atoms. The molecule has 0 aromatic carbocycles. The van der Waals surface area contributed by atoms with E-state index < -0.39 is 0 Å². The molecule has 1 N–H and O–H groups in total. The standard InChI is InChI=1S/C9H17N5/c1-10-8(7-5-3-4-6-7)9-11-13-14(2)12-9/h7-8,10H,3-6H2,1-2H3. The summed E-state index contributed by atoms with van der Waals surface area (Å²) >= 11 is 0. The van der Waals surface area contributed by atoms with Crippen LogP contribution in [0.1, 0.15) is 37.5 Å². The maximum Gasteiger partial charge on any atom is 0.191 e. The molecular weight excluding hydrogens is 178 g/mol. The van der Waals surface area contributed by atoms with Crippen LogP contribution in [0.4, 0.5) is 0 Å². The van der Waals surface area contributed by atoms with E-state index >= 15 is 0 Å². The van der Waals surface area contributed by atoms with Crippen molar-refractivity contribution in [1.82, 2.24) is 25.5 Å². The van der Waals surface area contributed by atoms with E-state index in [1.807, 2.05) is 7.05 Å². The Bertz CT molecular complexity index is 289. The van der Waals surface area contributed by atoms with E-state index in [1.165, 1.54) is 30.5 Å². The Morgan fingerprint density at radius 3 is 2.64 bits per heavy atom. The van der Waals surface area contributed by atoms with Crippen molar-refractivity contribution in [2.24, 2.45) is 13.0 Å². The van der Waals surface area contributed by atoms with Gasteiger partial charge in [0.2, 0.25) is 0 Å². The number of rotatable bonds is 3. The van der Waals surface area contributed by atoms with Gasteiger partial charge >= 0.3 is 0 Å². The smallest absolute Gasteiger partial charge is 0.191 e. The fourth-order valence-corrected chi connectivity index (χ4v) is 2.29. The topological polar surface area (TPSA) is 55.6 Å². The van der Waals surface area contributed by atoms with Crippen molar-refractivity contribution in [3.63, 3.8) is 0 Å². The van der Waals surface area contributed by atoms with Crippen LogP contribution in [-0.4, -0.2) is 27.3 Å². The van der Waals surface area contributed by atoms with Gasteiger partial charge in [-0.3, -0.25) is 0 Å². The predicted octanol–water partition coefficient (Wildman–Crippen LogP) is 0.661. The first-order valence-corrected chi connectivity index (χ1v) is 5.22. The third-order valence-electron chi connectivity index (χ3n) is 2.98. The zero-order valence-corrected chi connectivity index (χ0v) is 8.77. The monoisotopic (exact) mass is 195 g/mol. The molecule has 1 unspecified atom stereocenters. The molecule has 1 aromatic rings. The molecule has 2 rings (SSSR count). The van der Waals surface area contributed by atoms with E-state index in [0.29, 0.717) is 5.92 Å². The van der Waals surface area contributed by atoms with Gasteiger partial charge in [0.15, 0.2) is 5.82 Å². The van der Waals surface area contributed by atoms with Gasteiger partial charge in [0.05, 0.1) is 13.1 Å². The van der Waals surface area contributed by atoms with Crippen LogP contribution in [-0.2, 0) is 7.05 Å². The van der Waals surface area contributed by atoms with Crippen molar-refractivity contribution >= 4 is 0 Å². The van der Waals surface area contributed by atoms with Gasteiger partial charge in [0.25, 0.3) is 0 Å². The Hall–Kier alpha value is -0.970. The molecule has 1 saturated carbocycles. The molecule has 0 spiro atoms. The van der Waals surface area contributed by atoms with Crippen LogP contribution < -0.4 is 5.32 Å². The molecule has 0 saturated heterocycles. The number of tetrazole rings is 1. The zero-order valence-electron chi connectivity index (χ0n) is 8.77. The fourth-order valence-electron chi connectivity index (χ4n) is 2.29. The molecule has 0 amide bonds. The number of nitrogens with one attached hydrogen (secondary N) is 1. The first kappa shape index (κ1) is 9.58. The minimum atomic E-state index is 0.284. The van der Waals surface area contributed by atoms with Crippen molar-refractivity contribution in [3.05, 3.63) is 5.82 Å². The largest absolute Gasteiger partial charge is 0.310 e. The summed E-state index contributed by atoms with van der Waals surface area (Å²) in [7, 11) is 3.78. The molecule has 1 heterocycles. The third kappa shape index (κ3) is 1.77. The quantitative estimate of drug-likeness (QED) is 0.770. The van der Waals surface area contributed by atoms with Gasteiger partial charge in [-0.15, -0.1) is 10.2 Å². The van der Waals surface area contributed by atoms with Crippen LogP contribution in [0.2, 0.25) is 0 Å². The van der Waals surface area contributed by atoms with Gasteiger partial charge in [-0.05, 0) is 31.0 Å². The summed E-state index contributed by atoms with van der Waals surface area (Å²) in [6, 6.07) is 0.284. The molecule has 0 bridgehead atoms. The molecule has 1 fully saturated rings. The summed E-state index contributed by atoms with van der Waals surface area (Å²) in [5.41, 5.74) is 0. The molecule has 1 aromatic heterocycles. The molecule has 78 valence electrons. The normalized spacial score (nSPS) is 20.1. The maximum absolute atomic E-state index is 4.26. The molecule has 1 aliphatic rings. The predicted molar refractivity (Wildman–Crippen MR) is 52.6 cm³/mol. The molecule has 1 atom stereocenters. The van der Waals surface area contributed by atoms with E-state index in [4.69, 9.17) is 0 Å². The summed E-state index contributed by atoms with van der Waals surface area (Å²) in [5.74, 6) is 1.52. The van der Waals surface area contributed by atoms with E-state index in [2.05, 4.69) is 20.7 Å². The second kappa shape index (κ2) is 4.04. The highest BCUT2D eigenvalue weighted by molar-refractivity contribution is 4.94. The van der Waals surface area contributed by atoms with Crippen molar-refractivity contribution in [1.29, 1.82) is 0 Å². The van der Waals surface area contributed by atoms with Gasteiger partial charge in [0, 0.05) is 0 Å². The number of aromatic nitrogens is 4. The first-order chi connectivity index (χ1) is 6.81. The Morgan fingerprint density at radius 1 is 1.43 bits per heavy atom. The highest BCUT2D eigenvalue weighted by Crippen LogP contribution is 2.33. The second-order valence-corrected chi connectivity index (χ2v) is 3.95. The molecule has 0 radical (unpaired) electrons. The van der Waals surface area contributed by atoms with Gasteiger partial charge in [-0.2, -0.15) is 4.80 Å². The van der Waals surface area contributed by atoms with Crippen molar-refractivity contribution in [3.8, 4) is 0 Å². The summed E-state index contributed by atoms with van der Waals surface area (Å²) in [4.78, 5) is 1.52. The van der Waals surface area contributed by atoms with Gasteiger partial charge in [-0.25, -0.2) is 0 Å². The van der Waals surface area contributed by atoms with Crippen LogP contribution in [0.3, 0.4) is 0 Å². The van der Waals surface area contributed by atoms with E-state index in [-0.39, 0.29) is 6.04 Å². The van der Waals surface area contributed by atoms with Crippen molar-refractivity contribution < 1.29 is 0 Å². The molecule has 5 nitrogen and oxygen atoms in total. The zero-order chi connectivity index (χ0) is 9.97. The summed E-state index contributed by atoms with van der Waals surface area (Å²) < 4.78 is 0. The number of nitrogens with zero attached hydrogens (tertiary/aromatic N) is 4. The number of aryl methyl sites for hydroxylation is 1. The lowest BCUT2D eigenvalue weighted by Gasteiger charge is -2.18. The average Bonchev–Trinajstić information content (AvgIpc) is 2.79. The van der Waals surface area contributed by atoms with Crippen LogP contribution in [0.25, 0.3) is 0 Å². The lowest BCUT2D eigenvalue weighted by molar-refractivity contribution is 0.373. The summed E-state index contributed by atoms with van der Waals surface area (Å²) in [5, 5.41) is 15.5. The van der Waals surface area contributed by atoms with Crippen molar-refractivity contribution in [2.75, 3.05) is 7.05 Å². The van der Waals surface area contributed by atoms with Gasteiger partial charge < -0.3 is 5.32 Å². The highest BCUT2D eigenvalue weighted by Gasteiger charge is 2.27. The van der Waals surface area contributed by atoms with Crippen LogP contribution in [0.5, 0.6) is 0 Å². The van der Waals surface area contributed by atoms with Gasteiger partial charge in [-0.1, -0.05) is 12.8 Å². The Morgan fingerprint density at radius 2 is 2.14 bits per heavy atom. The molecule has 5 heteroatoms. The van der Waals surface area contributed by atoms with Crippen molar-refractivity contribution in [2.45, 2.75) is 31.7 Å². The maximum atomic E-state index is 4.26. The van der Waals surface area contributed by atoms with Crippen LogP contribution in [0.15, 0.2) is 0 Å². The third-order valence-corrected chi connectivity index (χ3v) is 2.98. The molecule has 0 aliphatic heterocycles. The van der Waals surface area contributed by atoms with E-state index in [0.717, 1.165) is 5.82 Å². The number of hydrogen-bond donors (Lipinski definition) is 1. The minimum absolute atomic E-state index is 0.284. The highest BCUT2D eigenvalue weighted by atomic mass is 15.6. The molecule has 1 aliphatic carbocycles. The SMILES string of the molecule is CNC(c1nnn(C)n1)C1CCCC1. The molecular formula is C9H17N5. The van der Waals surface area contributed by atoms with E-state index in [9.17, 15) is 0 Å². The second-order valence-electron chi connectivity index (χ2n) is 3.95.